The van der Waals surface area contributed by atoms with Crippen LogP contribution in [0.15, 0.2) is 194 Å². The van der Waals surface area contributed by atoms with Gasteiger partial charge in [0.25, 0.3) is 0 Å². The van der Waals surface area contributed by atoms with Gasteiger partial charge in [-0.15, -0.1) is 0 Å². The van der Waals surface area contributed by atoms with Crippen LogP contribution in [0.5, 0.6) is 0 Å². The monoisotopic (exact) mass is 964 g/mol. The molecule has 0 saturated carbocycles. The van der Waals surface area contributed by atoms with Gasteiger partial charge in [-0.05, 0) is 189 Å². The van der Waals surface area contributed by atoms with E-state index in [0.717, 1.165) is 32.1 Å². The van der Waals surface area contributed by atoms with Crippen LogP contribution in [0.3, 0.4) is 0 Å². The first kappa shape index (κ1) is 44.3. The lowest BCUT2D eigenvalue weighted by molar-refractivity contribution is 0.590. The van der Waals surface area contributed by atoms with Gasteiger partial charge in [0.05, 0.1) is 22.7 Å². The van der Waals surface area contributed by atoms with Crippen molar-refractivity contribution >= 4 is 34.1 Å². The van der Waals surface area contributed by atoms with E-state index in [1.807, 2.05) is 0 Å². The summed E-state index contributed by atoms with van der Waals surface area (Å²) < 4.78 is 0. The van der Waals surface area contributed by atoms with Crippen LogP contribution in [0.2, 0.25) is 0 Å². The molecule has 0 amide bonds. The maximum atomic E-state index is 2.65. The van der Waals surface area contributed by atoms with Gasteiger partial charge in [0, 0.05) is 36.2 Å². The Kier molecular flexibility index (Phi) is 9.54. The second-order valence-corrected chi connectivity index (χ2v) is 24.0. The van der Waals surface area contributed by atoms with Crippen molar-refractivity contribution in [2.75, 3.05) is 9.80 Å². The van der Waals surface area contributed by atoms with Crippen molar-refractivity contribution in [2.45, 2.75) is 84.5 Å². The van der Waals surface area contributed by atoms with E-state index in [9.17, 15) is 0 Å². The van der Waals surface area contributed by atoms with Crippen LogP contribution in [-0.4, -0.2) is 0 Å². The molecule has 5 aliphatic rings. The predicted octanol–water partition coefficient (Wildman–Crippen LogP) is 19.1. The molecule has 2 nitrogen and oxygen atoms in total. The van der Waals surface area contributed by atoms with Gasteiger partial charge < -0.3 is 9.80 Å². The Bertz CT molecular complexity index is 4040. The molecule has 0 aliphatic heterocycles. The van der Waals surface area contributed by atoms with Gasteiger partial charge in [0.1, 0.15) is 0 Å². The fraction of sp³-hybridized carbons (Fsp3) is 0.178. The van der Waals surface area contributed by atoms with E-state index in [-0.39, 0.29) is 10.8 Å². The van der Waals surface area contributed by atoms with Crippen LogP contribution in [0, 0.1) is 0 Å². The normalized spacial score (nSPS) is 13.7. The van der Waals surface area contributed by atoms with Gasteiger partial charge in [-0.25, -0.2) is 0 Å². The Balaban J connectivity index is 0.982. The SMILES string of the molecule is CC(C)(C)c1ccc(N(c2cccc3c2Cc2ccccc2-3)c2cc3c(c4c2Cc2ccccc2-4)-c2c(cc(N(c4ccc(C(C)(C)C)cc4)c4cccc5c4Cc4ccccc4-5)c4c2Cc2ccccc2-4)C3)cc1. The summed E-state index contributed by atoms with van der Waals surface area (Å²) in [4.78, 5) is 5.29. The Labute approximate surface area is 442 Å². The molecule has 10 aromatic carbocycles. The second-order valence-electron chi connectivity index (χ2n) is 24.0. The Morgan fingerprint density at radius 2 is 0.653 bits per heavy atom. The summed E-state index contributed by atoms with van der Waals surface area (Å²) in [6, 6.07) is 74.8. The zero-order valence-electron chi connectivity index (χ0n) is 43.9. The molecule has 75 heavy (non-hydrogen) atoms. The first-order valence-corrected chi connectivity index (χ1v) is 27.2. The molecule has 2 heteroatoms. The molecule has 0 radical (unpaired) electrons. The van der Waals surface area contributed by atoms with E-state index in [4.69, 9.17) is 0 Å². The molecular formula is C73H60N2. The average Bonchev–Trinajstić information content (AvgIpc) is 4.27. The van der Waals surface area contributed by atoms with Crippen LogP contribution in [0.1, 0.15) is 108 Å². The summed E-state index contributed by atoms with van der Waals surface area (Å²) >= 11 is 0. The molecule has 15 rings (SSSR count). The van der Waals surface area contributed by atoms with Gasteiger partial charge >= 0.3 is 0 Å². The van der Waals surface area contributed by atoms with Crippen LogP contribution < -0.4 is 9.80 Å². The molecule has 0 saturated heterocycles. The summed E-state index contributed by atoms with van der Waals surface area (Å²) in [6.07, 6.45) is 4.47. The highest BCUT2D eigenvalue weighted by molar-refractivity contribution is 6.07. The van der Waals surface area contributed by atoms with E-state index >= 15 is 0 Å². The fourth-order valence-corrected chi connectivity index (χ4v) is 13.9. The first-order valence-electron chi connectivity index (χ1n) is 27.2. The fourth-order valence-electron chi connectivity index (χ4n) is 13.9. The lowest BCUT2D eigenvalue weighted by atomic mass is 9.86. The van der Waals surface area contributed by atoms with Crippen molar-refractivity contribution in [1.29, 1.82) is 0 Å². The molecule has 0 fully saturated rings. The minimum Gasteiger partial charge on any atom is -0.310 e. The highest BCUT2D eigenvalue weighted by Crippen LogP contribution is 2.61. The first-order chi connectivity index (χ1) is 36.5. The number of anilines is 6. The Hall–Kier alpha value is -8.20. The van der Waals surface area contributed by atoms with E-state index in [2.05, 4.69) is 245 Å². The van der Waals surface area contributed by atoms with E-state index in [0.29, 0.717) is 0 Å². The molecule has 0 spiro atoms. The largest absolute Gasteiger partial charge is 0.310 e. The van der Waals surface area contributed by atoms with Crippen LogP contribution in [0.4, 0.5) is 34.1 Å². The Morgan fingerprint density at radius 1 is 0.267 bits per heavy atom. The van der Waals surface area contributed by atoms with Gasteiger partial charge in [-0.2, -0.15) is 0 Å². The highest BCUT2D eigenvalue weighted by Gasteiger charge is 2.40. The maximum Gasteiger partial charge on any atom is 0.0546 e. The molecular weight excluding hydrogens is 905 g/mol. The van der Waals surface area contributed by atoms with Crippen LogP contribution in [-0.2, 0) is 42.9 Å². The third kappa shape index (κ3) is 6.71. The van der Waals surface area contributed by atoms with E-state index in [1.165, 1.54) is 157 Å². The molecule has 10 aromatic rings. The lowest BCUT2D eigenvalue weighted by Crippen LogP contribution is -2.16. The van der Waals surface area contributed by atoms with Crippen molar-refractivity contribution in [1.82, 2.24) is 0 Å². The zero-order chi connectivity index (χ0) is 50.5. The summed E-state index contributed by atoms with van der Waals surface area (Å²) in [5, 5.41) is 0. The molecule has 362 valence electrons. The average molecular weight is 965 g/mol. The third-order valence-electron chi connectivity index (χ3n) is 17.5. The Morgan fingerprint density at radius 3 is 1.16 bits per heavy atom. The molecule has 0 unspecified atom stereocenters. The van der Waals surface area contributed by atoms with Gasteiger partial charge in [0.2, 0.25) is 0 Å². The summed E-state index contributed by atoms with van der Waals surface area (Å²) in [7, 11) is 0. The van der Waals surface area contributed by atoms with Crippen molar-refractivity contribution < 1.29 is 0 Å². The smallest absolute Gasteiger partial charge is 0.0546 e. The van der Waals surface area contributed by atoms with Gasteiger partial charge in [0.15, 0.2) is 0 Å². The van der Waals surface area contributed by atoms with E-state index < -0.39 is 0 Å². The van der Waals surface area contributed by atoms with Crippen LogP contribution in [0.25, 0.3) is 55.6 Å². The summed E-state index contributed by atoms with van der Waals surface area (Å²) in [5.74, 6) is 0. The van der Waals surface area contributed by atoms with E-state index in [1.54, 1.807) is 0 Å². The minimum atomic E-state index is 0.0350. The molecule has 0 N–H and O–H groups in total. The lowest BCUT2D eigenvalue weighted by Gasteiger charge is -2.32. The number of hydrogen-bond acceptors (Lipinski definition) is 2. The van der Waals surface area contributed by atoms with Gasteiger partial charge in [-0.1, -0.05) is 187 Å². The predicted molar refractivity (Wildman–Crippen MR) is 314 cm³/mol. The second kappa shape index (κ2) is 16.1. The molecule has 0 heterocycles. The molecule has 0 aromatic heterocycles. The molecule has 5 aliphatic carbocycles. The van der Waals surface area contributed by atoms with Crippen molar-refractivity contribution in [3.05, 3.63) is 261 Å². The molecule has 0 bridgehead atoms. The topological polar surface area (TPSA) is 6.48 Å². The molecule has 0 atom stereocenters. The maximum absolute atomic E-state index is 2.65. The number of nitrogens with zero attached hydrogens (tertiary/aromatic N) is 2. The van der Waals surface area contributed by atoms with Crippen molar-refractivity contribution in [3.8, 4) is 55.6 Å². The zero-order valence-corrected chi connectivity index (χ0v) is 43.9. The third-order valence-corrected chi connectivity index (χ3v) is 17.5. The summed E-state index contributed by atoms with van der Waals surface area (Å²) in [5.41, 5.74) is 38.2. The minimum absolute atomic E-state index is 0.0350. The number of benzene rings is 10. The number of rotatable bonds is 6. The standard InChI is InChI=1S/C73H60N2/c1-72(2,3)50-29-33-52(34-30-50)74(64-27-15-25-58-54-21-11-7-17-44(54)38-60(58)64)66-42-49-37-48-43-67(70-56-23-13-9-20-47(56)41-63(70)68(48)69(49)71-57-24-14-10-19-46(57)40-62(66)71)75(53-35-31-51(32-36-53)73(4,5)6)65-28-16-26-59-55-22-12-8-18-45(55)39-61(59)65/h7-36,42-43H,37-41H2,1-6H3. The van der Waals surface area contributed by atoms with Crippen molar-refractivity contribution in [3.63, 3.8) is 0 Å². The summed E-state index contributed by atoms with van der Waals surface area (Å²) in [6.45, 7) is 13.9. The quantitative estimate of drug-likeness (QED) is 0.164. The number of fused-ring (bicyclic) bond motifs is 17. The van der Waals surface area contributed by atoms with Crippen LogP contribution >= 0.6 is 0 Å². The highest BCUT2D eigenvalue weighted by atomic mass is 15.2. The van der Waals surface area contributed by atoms with Gasteiger partial charge in [-0.3, -0.25) is 0 Å². The number of hydrogen-bond donors (Lipinski definition) is 0. The van der Waals surface area contributed by atoms with Crippen molar-refractivity contribution in [2.24, 2.45) is 0 Å².